The summed E-state index contributed by atoms with van der Waals surface area (Å²) in [5.41, 5.74) is 9.74. The first-order chi connectivity index (χ1) is 9.15. The van der Waals surface area contributed by atoms with Crippen LogP contribution in [0.5, 0.6) is 0 Å². The summed E-state index contributed by atoms with van der Waals surface area (Å²) in [6, 6.07) is 7.77. The summed E-state index contributed by atoms with van der Waals surface area (Å²) >= 11 is 0. The molecule has 2 aliphatic rings. The Morgan fingerprint density at radius 2 is 2.21 bits per heavy atom. The number of nitrogens with two attached hydrogens (primary N) is 1. The molecule has 1 heterocycles. The Balaban J connectivity index is 1.70. The predicted octanol–water partition coefficient (Wildman–Crippen LogP) is 2.28. The van der Waals surface area contributed by atoms with Crippen LogP contribution in [-0.2, 0) is 6.42 Å². The van der Waals surface area contributed by atoms with E-state index in [2.05, 4.69) is 36.0 Å². The summed E-state index contributed by atoms with van der Waals surface area (Å²) in [7, 11) is 4.54. The topological polar surface area (TPSA) is 32.5 Å². The lowest BCUT2D eigenvalue weighted by molar-refractivity contribution is 0.176. The van der Waals surface area contributed by atoms with Crippen molar-refractivity contribution in [1.29, 1.82) is 0 Å². The zero-order valence-corrected chi connectivity index (χ0v) is 12.1. The first-order valence-corrected chi connectivity index (χ1v) is 7.44. The zero-order valence-electron chi connectivity index (χ0n) is 12.1. The Labute approximate surface area is 116 Å². The van der Waals surface area contributed by atoms with Crippen molar-refractivity contribution in [3.63, 3.8) is 0 Å². The molecule has 2 N–H and O–H groups in total. The maximum Gasteiger partial charge on any atom is 0.0351 e. The summed E-state index contributed by atoms with van der Waals surface area (Å²) in [5, 5.41) is 0. The molecule has 0 radical (unpaired) electrons. The molecule has 0 amide bonds. The fourth-order valence-electron chi connectivity index (χ4n) is 3.74. The molecule has 19 heavy (non-hydrogen) atoms. The highest BCUT2D eigenvalue weighted by Crippen LogP contribution is 2.36. The largest absolute Gasteiger partial charge is 0.399 e. The number of benzene rings is 1. The van der Waals surface area contributed by atoms with Gasteiger partial charge in [-0.1, -0.05) is 6.07 Å². The standard InChI is InChI=1S/C16H25N3/c1-18-9-3-4-14(18)11-19(2)16-8-5-12-10-13(17)6-7-15(12)16/h6-7,10,14,16H,3-5,8-9,11,17H2,1-2H3. The number of nitrogens with zero attached hydrogens (tertiary/aromatic N) is 2. The molecule has 1 aromatic rings. The predicted molar refractivity (Wildman–Crippen MR) is 80.2 cm³/mol. The van der Waals surface area contributed by atoms with Gasteiger partial charge in [-0.15, -0.1) is 0 Å². The van der Waals surface area contributed by atoms with Crippen molar-refractivity contribution in [2.75, 3.05) is 32.9 Å². The Bertz CT molecular complexity index is 457. The van der Waals surface area contributed by atoms with Crippen LogP contribution >= 0.6 is 0 Å². The lowest BCUT2D eigenvalue weighted by Crippen LogP contribution is -2.37. The highest BCUT2D eigenvalue weighted by atomic mass is 15.2. The van der Waals surface area contributed by atoms with Gasteiger partial charge in [0.15, 0.2) is 0 Å². The van der Waals surface area contributed by atoms with Crippen molar-refractivity contribution < 1.29 is 0 Å². The van der Waals surface area contributed by atoms with E-state index in [1.165, 1.54) is 49.9 Å². The molecule has 0 aromatic heterocycles. The lowest BCUT2D eigenvalue weighted by Gasteiger charge is -2.30. The lowest BCUT2D eigenvalue weighted by atomic mass is 10.1. The van der Waals surface area contributed by atoms with Crippen LogP contribution in [0.25, 0.3) is 0 Å². The Morgan fingerprint density at radius 1 is 1.37 bits per heavy atom. The quantitative estimate of drug-likeness (QED) is 0.845. The van der Waals surface area contributed by atoms with E-state index in [-0.39, 0.29) is 0 Å². The number of hydrogen-bond acceptors (Lipinski definition) is 3. The molecule has 3 nitrogen and oxygen atoms in total. The Hall–Kier alpha value is -1.06. The molecule has 2 unspecified atom stereocenters. The second kappa shape index (κ2) is 5.14. The van der Waals surface area contributed by atoms with Crippen molar-refractivity contribution in [2.24, 2.45) is 0 Å². The van der Waals surface area contributed by atoms with Gasteiger partial charge in [-0.3, -0.25) is 4.90 Å². The summed E-state index contributed by atoms with van der Waals surface area (Å²) < 4.78 is 0. The zero-order chi connectivity index (χ0) is 13.4. The van der Waals surface area contributed by atoms with Gasteiger partial charge >= 0.3 is 0 Å². The maximum absolute atomic E-state index is 5.88. The molecule has 0 bridgehead atoms. The molecular weight excluding hydrogens is 234 g/mol. The van der Waals surface area contributed by atoms with Crippen LogP contribution in [0.4, 0.5) is 5.69 Å². The molecule has 1 aliphatic heterocycles. The van der Waals surface area contributed by atoms with E-state index < -0.39 is 0 Å². The van der Waals surface area contributed by atoms with Crippen molar-refractivity contribution >= 4 is 5.69 Å². The van der Waals surface area contributed by atoms with Gasteiger partial charge in [-0.25, -0.2) is 0 Å². The SMILES string of the molecule is CN1CCCC1CN(C)C1CCc2cc(N)ccc21. The molecule has 2 atom stereocenters. The number of aryl methyl sites for hydroxylation is 1. The van der Waals surface area contributed by atoms with E-state index in [1.807, 2.05) is 6.07 Å². The number of fused-ring (bicyclic) bond motifs is 1. The number of likely N-dealkylation sites (tertiary alicyclic amines) is 1. The number of hydrogen-bond donors (Lipinski definition) is 1. The molecule has 104 valence electrons. The first kappa shape index (κ1) is 12.9. The molecule has 0 spiro atoms. The normalized spacial score (nSPS) is 27.1. The van der Waals surface area contributed by atoms with Crippen LogP contribution < -0.4 is 5.73 Å². The van der Waals surface area contributed by atoms with Gasteiger partial charge in [0, 0.05) is 24.3 Å². The van der Waals surface area contributed by atoms with Crippen molar-refractivity contribution in [3.05, 3.63) is 29.3 Å². The molecular formula is C16H25N3. The summed E-state index contributed by atoms with van der Waals surface area (Å²) in [5.74, 6) is 0. The molecule has 1 aliphatic carbocycles. The van der Waals surface area contributed by atoms with Crippen LogP contribution in [0.1, 0.15) is 36.4 Å². The summed E-state index contributed by atoms with van der Waals surface area (Å²) in [6.07, 6.45) is 5.12. The minimum atomic E-state index is 0.588. The minimum absolute atomic E-state index is 0.588. The van der Waals surface area contributed by atoms with Crippen LogP contribution in [-0.4, -0.2) is 43.0 Å². The van der Waals surface area contributed by atoms with Gasteiger partial charge in [-0.2, -0.15) is 0 Å². The van der Waals surface area contributed by atoms with Gasteiger partial charge in [-0.05, 0) is 69.6 Å². The third-order valence-electron chi connectivity index (χ3n) is 4.92. The first-order valence-electron chi connectivity index (χ1n) is 7.44. The van der Waals surface area contributed by atoms with E-state index in [1.54, 1.807) is 0 Å². The van der Waals surface area contributed by atoms with Crippen LogP contribution in [0, 0.1) is 0 Å². The van der Waals surface area contributed by atoms with Crippen molar-refractivity contribution in [1.82, 2.24) is 9.80 Å². The van der Waals surface area contributed by atoms with E-state index in [9.17, 15) is 0 Å². The summed E-state index contributed by atoms with van der Waals surface area (Å²) in [4.78, 5) is 5.06. The molecule has 1 fully saturated rings. The average Bonchev–Trinajstić information content (AvgIpc) is 2.96. The van der Waals surface area contributed by atoms with Gasteiger partial charge in [0.05, 0.1) is 0 Å². The Kier molecular flexibility index (Phi) is 3.50. The molecule has 1 saturated heterocycles. The fraction of sp³-hybridized carbons (Fsp3) is 0.625. The monoisotopic (exact) mass is 259 g/mol. The van der Waals surface area contributed by atoms with Gasteiger partial charge in [0.2, 0.25) is 0 Å². The maximum atomic E-state index is 5.88. The molecule has 3 rings (SSSR count). The second-order valence-corrected chi connectivity index (χ2v) is 6.23. The second-order valence-electron chi connectivity index (χ2n) is 6.23. The fourth-order valence-corrected chi connectivity index (χ4v) is 3.74. The van der Waals surface area contributed by atoms with E-state index in [4.69, 9.17) is 5.73 Å². The molecule has 3 heteroatoms. The van der Waals surface area contributed by atoms with E-state index in [0.717, 1.165) is 11.7 Å². The average molecular weight is 259 g/mol. The third-order valence-corrected chi connectivity index (χ3v) is 4.92. The van der Waals surface area contributed by atoms with Crippen LogP contribution in [0.3, 0.4) is 0 Å². The van der Waals surface area contributed by atoms with Crippen molar-refractivity contribution in [2.45, 2.75) is 37.8 Å². The third kappa shape index (κ3) is 2.49. The van der Waals surface area contributed by atoms with Gasteiger partial charge in [0.25, 0.3) is 0 Å². The smallest absolute Gasteiger partial charge is 0.0351 e. The van der Waals surface area contributed by atoms with Gasteiger partial charge < -0.3 is 10.6 Å². The molecule has 0 saturated carbocycles. The van der Waals surface area contributed by atoms with E-state index in [0.29, 0.717) is 6.04 Å². The molecule has 1 aromatic carbocycles. The van der Waals surface area contributed by atoms with Gasteiger partial charge in [0.1, 0.15) is 0 Å². The summed E-state index contributed by atoms with van der Waals surface area (Å²) in [6.45, 7) is 2.45. The van der Waals surface area contributed by atoms with Crippen molar-refractivity contribution in [3.8, 4) is 0 Å². The highest BCUT2D eigenvalue weighted by Gasteiger charge is 2.29. The Morgan fingerprint density at radius 3 is 2.95 bits per heavy atom. The van der Waals surface area contributed by atoms with Crippen LogP contribution in [0.15, 0.2) is 18.2 Å². The minimum Gasteiger partial charge on any atom is -0.399 e. The highest BCUT2D eigenvalue weighted by molar-refractivity contribution is 5.47. The van der Waals surface area contributed by atoms with E-state index >= 15 is 0 Å². The number of likely N-dealkylation sites (N-methyl/N-ethyl adjacent to an activating group) is 2. The number of nitrogen functional groups attached to an aromatic ring is 1. The van der Waals surface area contributed by atoms with Crippen LogP contribution in [0.2, 0.25) is 0 Å². The number of rotatable bonds is 3. The number of anilines is 1.